The Morgan fingerprint density at radius 2 is 1.39 bits per heavy atom. The summed E-state index contributed by atoms with van der Waals surface area (Å²) in [5.74, 6) is 0. The van der Waals surface area contributed by atoms with Gasteiger partial charge in [-0.05, 0) is 13.3 Å². The molecule has 0 spiro atoms. The van der Waals surface area contributed by atoms with Crippen molar-refractivity contribution in [3.05, 3.63) is 49.8 Å². The molecule has 1 atom stereocenters. The summed E-state index contributed by atoms with van der Waals surface area (Å²) >= 11 is 0. The SMILES string of the molecule is CCCC(C)(O)[c-]1cccc1.[C-]#[O+].[C-]#[O+].[C-]#[O+].[Mn]. The summed E-state index contributed by atoms with van der Waals surface area (Å²) in [7, 11) is 0. The summed E-state index contributed by atoms with van der Waals surface area (Å²) in [5.41, 5.74) is 0.400. The quantitative estimate of drug-likeness (QED) is 0.517. The Balaban J connectivity index is -0.000000123. The van der Waals surface area contributed by atoms with Crippen molar-refractivity contribution >= 4 is 0 Å². The second-order valence-corrected chi connectivity index (χ2v) is 3.20. The number of aliphatic hydroxyl groups is 1. The molecule has 0 aliphatic heterocycles. The summed E-state index contributed by atoms with van der Waals surface area (Å²) < 4.78 is 22.5. The fourth-order valence-electron chi connectivity index (χ4n) is 1.36. The minimum atomic E-state index is -0.627. The van der Waals surface area contributed by atoms with E-state index >= 15 is 0 Å². The van der Waals surface area contributed by atoms with Gasteiger partial charge in [0.25, 0.3) is 0 Å². The van der Waals surface area contributed by atoms with Crippen molar-refractivity contribution in [3.8, 4) is 0 Å². The number of hydrogen-bond acceptors (Lipinski definition) is 1. The second-order valence-electron chi connectivity index (χ2n) is 3.20. The number of rotatable bonds is 3. The zero-order valence-electron chi connectivity index (χ0n) is 10.3. The van der Waals surface area contributed by atoms with Gasteiger partial charge in [-0.1, -0.05) is 13.3 Å². The Morgan fingerprint density at radius 1 is 1.06 bits per heavy atom. The van der Waals surface area contributed by atoms with Crippen LogP contribution in [0.5, 0.6) is 0 Å². The van der Waals surface area contributed by atoms with Gasteiger partial charge in [0.05, 0.1) is 0 Å². The fraction of sp³-hybridized carbons (Fsp3) is 0.385. The van der Waals surface area contributed by atoms with Crippen LogP contribution in [-0.4, -0.2) is 5.11 Å². The summed E-state index contributed by atoms with van der Waals surface area (Å²) in [6, 6.07) is 7.85. The van der Waals surface area contributed by atoms with Gasteiger partial charge >= 0.3 is 33.9 Å². The van der Waals surface area contributed by atoms with Crippen molar-refractivity contribution in [2.75, 3.05) is 0 Å². The van der Waals surface area contributed by atoms with Crippen LogP contribution in [0.15, 0.2) is 24.3 Å². The van der Waals surface area contributed by atoms with Crippen molar-refractivity contribution in [3.63, 3.8) is 0 Å². The van der Waals surface area contributed by atoms with Crippen LogP contribution in [0.4, 0.5) is 0 Å². The molecule has 0 aliphatic carbocycles. The van der Waals surface area contributed by atoms with Crippen LogP contribution < -0.4 is 0 Å². The predicted molar refractivity (Wildman–Crippen MR) is 58.3 cm³/mol. The van der Waals surface area contributed by atoms with Crippen LogP contribution in [-0.2, 0) is 36.6 Å². The molecular weight excluding hydrogens is 275 g/mol. The van der Waals surface area contributed by atoms with E-state index in [4.69, 9.17) is 14.0 Å². The van der Waals surface area contributed by atoms with Crippen LogP contribution in [0.1, 0.15) is 32.3 Å². The molecule has 0 amide bonds. The molecule has 0 bridgehead atoms. The first-order chi connectivity index (χ1) is 8.17. The van der Waals surface area contributed by atoms with E-state index < -0.39 is 5.60 Å². The van der Waals surface area contributed by atoms with E-state index in [0.29, 0.717) is 0 Å². The zero-order valence-corrected chi connectivity index (χ0v) is 11.5. The second kappa shape index (κ2) is 18.4. The van der Waals surface area contributed by atoms with Crippen molar-refractivity contribution in [2.24, 2.45) is 0 Å². The molecule has 1 N–H and O–H groups in total. The van der Waals surface area contributed by atoms with Gasteiger partial charge < -0.3 is 5.11 Å². The Morgan fingerprint density at radius 3 is 1.67 bits per heavy atom. The Bertz CT molecular complexity index is 295. The van der Waals surface area contributed by atoms with Gasteiger partial charge in [0.1, 0.15) is 0 Å². The molecule has 0 heterocycles. The van der Waals surface area contributed by atoms with Gasteiger partial charge in [-0.15, -0.1) is 5.56 Å². The minimum absolute atomic E-state index is 0. The predicted octanol–water partition coefficient (Wildman–Crippen LogP) is 2.30. The average Bonchev–Trinajstić information content (AvgIpc) is 2.91. The van der Waals surface area contributed by atoms with Crippen LogP contribution in [0.3, 0.4) is 0 Å². The van der Waals surface area contributed by atoms with Gasteiger partial charge in [-0.3, -0.25) is 0 Å². The van der Waals surface area contributed by atoms with Crippen molar-refractivity contribution in [1.82, 2.24) is 0 Å². The molecule has 1 radical (unpaired) electrons. The van der Waals surface area contributed by atoms with Crippen LogP contribution >= 0.6 is 0 Å². The molecule has 1 unspecified atom stereocenters. The molecule has 99 valence electrons. The van der Waals surface area contributed by atoms with Crippen molar-refractivity contribution < 1.29 is 36.1 Å². The molecule has 0 aromatic heterocycles. The van der Waals surface area contributed by atoms with Gasteiger partial charge in [0, 0.05) is 22.7 Å². The normalized spacial score (nSPS) is 10.3. The first kappa shape index (κ1) is 25.8. The van der Waals surface area contributed by atoms with Crippen LogP contribution in [0.2, 0.25) is 0 Å². The van der Waals surface area contributed by atoms with E-state index in [-0.39, 0.29) is 17.1 Å². The van der Waals surface area contributed by atoms with E-state index in [2.05, 4.69) is 26.9 Å². The zero-order chi connectivity index (χ0) is 14.3. The van der Waals surface area contributed by atoms with Gasteiger partial charge in [0.2, 0.25) is 0 Å². The maximum absolute atomic E-state index is 9.87. The van der Waals surface area contributed by atoms with Crippen molar-refractivity contribution in [2.45, 2.75) is 32.3 Å². The van der Waals surface area contributed by atoms with Gasteiger partial charge in [-0.25, -0.2) is 12.1 Å². The molecular formula is C13H15MnO4-. The topological polar surface area (TPSA) is 79.9 Å². The summed E-state index contributed by atoms with van der Waals surface area (Å²) in [5, 5.41) is 9.87. The smallest absolute Gasteiger partial charge is 0 e. The molecule has 4 nitrogen and oxygen atoms in total. The maximum Gasteiger partial charge on any atom is 0 e. The summed E-state index contributed by atoms with van der Waals surface area (Å²) in [6.45, 7) is 17.4. The molecule has 1 rings (SSSR count). The Kier molecular flexibility index (Phi) is 26.4. The average molecular weight is 290 g/mol. The molecule has 5 heteroatoms. The third-order valence-corrected chi connectivity index (χ3v) is 2.02. The van der Waals surface area contributed by atoms with E-state index in [9.17, 15) is 5.11 Å². The summed E-state index contributed by atoms with van der Waals surface area (Å²) in [6.07, 6.45) is 1.84. The van der Waals surface area contributed by atoms with Gasteiger partial charge in [-0.2, -0.15) is 12.1 Å². The van der Waals surface area contributed by atoms with E-state index in [1.54, 1.807) is 0 Å². The van der Waals surface area contributed by atoms with Crippen LogP contribution in [0, 0.1) is 20.0 Å². The monoisotopic (exact) mass is 290 g/mol. The van der Waals surface area contributed by atoms with E-state index in [1.807, 2.05) is 31.2 Å². The first-order valence-electron chi connectivity index (χ1n) is 4.72. The van der Waals surface area contributed by atoms with E-state index in [0.717, 1.165) is 18.4 Å². The molecule has 0 saturated carbocycles. The molecule has 18 heavy (non-hydrogen) atoms. The fourth-order valence-corrected chi connectivity index (χ4v) is 1.36. The maximum atomic E-state index is 9.87. The molecule has 0 fully saturated rings. The third-order valence-electron chi connectivity index (χ3n) is 2.02. The molecule has 0 aliphatic rings. The Labute approximate surface area is 118 Å². The molecule has 1 aromatic rings. The first-order valence-corrected chi connectivity index (χ1v) is 4.72. The van der Waals surface area contributed by atoms with E-state index in [1.165, 1.54) is 0 Å². The standard InChI is InChI=1S/C10H15O.3CO.Mn/c1-3-8-10(2,11)9-6-4-5-7-9;3*1-2;/h4-7,11H,3,8H2,1-2H3;;;;/q-1;;;;. The Hall–Kier alpha value is -0.951. The molecule has 1 aromatic carbocycles. The molecule has 0 saturated heterocycles. The van der Waals surface area contributed by atoms with Crippen LogP contribution in [0.25, 0.3) is 0 Å². The largest absolute Gasteiger partial charge is 0 e. The van der Waals surface area contributed by atoms with Gasteiger partial charge in [0.15, 0.2) is 0 Å². The third kappa shape index (κ3) is 11.5. The summed E-state index contributed by atoms with van der Waals surface area (Å²) in [4.78, 5) is 0. The number of hydrogen-bond donors (Lipinski definition) is 1. The minimum Gasteiger partial charge on any atom is 0 e. The van der Waals surface area contributed by atoms with Crippen molar-refractivity contribution in [1.29, 1.82) is 0 Å².